The fraction of sp³-hybridized carbons (Fsp3) is 0.280. The van der Waals surface area contributed by atoms with Crippen LogP contribution in [0.25, 0.3) is 10.9 Å². The van der Waals surface area contributed by atoms with Crippen molar-refractivity contribution < 1.29 is 14.3 Å². The molecule has 0 bridgehead atoms. The molecular formula is C25H22N4O3. The van der Waals surface area contributed by atoms with E-state index in [-0.39, 0.29) is 24.7 Å². The van der Waals surface area contributed by atoms with Crippen molar-refractivity contribution in [1.82, 2.24) is 9.88 Å². The quantitative estimate of drug-likeness (QED) is 0.669. The number of ketones is 1. The molecule has 1 amide bonds. The molecule has 0 fully saturated rings. The number of likely N-dealkylation sites (N-methyl/N-ethyl adjacent to an activating group) is 1. The largest absolute Gasteiger partial charge is 0.484 e. The molecule has 1 heterocycles. The third kappa shape index (κ3) is 3.38. The van der Waals surface area contributed by atoms with Crippen LogP contribution in [0.1, 0.15) is 53.0 Å². The molecule has 7 heteroatoms. The fourth-order valence-corrected chi connectivity index (χ4v) is 4.17. The number of H-pyrrole nitrogens is 1. The molecule has 0 atom stereocenters. The Morgan fingerprint density at radius 1 is 1.19 bits per heavy atom. The first-order valence-corrected chi connectivity index (χ1v) is 10.3. The molecule has 0 saturated carbocycles. The van der Waals surface area contributed by atoms with Crippen LogP contribution >= 0.6 is 0 Å². The van der Waals surface area contributed by atoms with E-state index >= 15 is 0 Å². The maximum absolute atomic E-state index is 13.4. The van der Waals surface area contributed by atoms with Gasteiger partial charge in [0.05, 0.1) is 29.7 Å². The number of hydrogen-bond acceptors (Lipinski definition) is 5. The van der Waals surface area contributed by atoms with Gasteiger partial charge in [-0.3, -0.25) is 9.59 Å². The summed E-state index contributed by atoms with van der Waals surface area (Å²) in [6, 6.07) is 14.7. The van der Waals surface area contributed by atoms with Crippen LogP contribution in [0.15, 0.2) is 36.4 Å². The number of fused-ring (bicyclic) bond motifs is 4. The van der Waals surface area contributed by atoms with E-state index in [4.69, 9.17) is 10.00 Å². The van der Waals surface area contributed by atoms with Gasteiger partial charge >= 0.3 is 0 Å². The van der Waals surface area contributed by atoms with Gasteiger partial charge in [-0.05, 0) is 35.9 Å². The molecule has 0 aliphatic heterocycles. The van der Waals surface area contributed by atoms with Crippen molar-refractivity contribution >= 4 is 22.6 Å². The second-order valence-electron chi connectivity index (χ2n) is 8.42. The molecule has 1 N–H and O–H groups in total. The highest BCUT2D eigenvalue weighted by molar-refractivity contribution is 6.20. The summed E-state index contributed by atoms with van der Waals surface area (Å²) in [5, 5.41) is 18.7. The monoisotopic (exact) mass is 426 g/mol. The van der Waals surface area contributed by atoms with E-state index in [0.29, 0.717) is 29.0 Å². The molecule has 3 aromatic rings. The predicted molar refractivity (Wildman–Crippen MR) is 118 cm³/mol. The third-order valence-corrected chi connectivity index (χ3v) is 6.04. The first-order chi connectivity index (χ1) is 15.3. The van der Waals surface area contributed by atoms with Gasteiger partial charge in [0, 0.05) is 41.2 Å². The molecule has 0 radical (unpaired) electrons. The first-order valence-electron chi connectivity index (χ1n) is 10.3. The average molecular weight is 426 g/mol. The Balaban J connectivity index is 1.67. The van der Waals surface area contributed by atoms with Crippen molar-refractivity contribution in [3.8, 4) is 17.9 Å². The molecule has 1 aliphatic carbocycles. The maximum Gasteiger partial charge on any atom is 0.260 e. The number of carbonyl (C=O) groups is 2. The van der Waals surface area contributed by atoms with Gasteiger partial charge in [0.25, 0.3) is 5.91 Å². The van der Waals surface area contributed by atoms with E-state index in [0.717, 1.165) is 22.2 Å². The van der Waals surface area contributed by atoms with Gasteiger partial charge in [-0.15, -0.1) is 0 Å². The highest BCUT2D eigenvalue weighted by atomic mass is 16.5. The van der Waals surface area contributed by atoms with Crippen LogP contribution in [-0.4, -0.2) is 41.8 Å². The molecule has 160 valence electrons. The van der Waals surface area contributed by atoms with E-state index in [9.17, 15) is 14.9 Å². The van der Waals surface area contributed by atoms with Crippen molar-refractivity contribution in [3.05, 3.63) is 64.3 Å². The Bertz CT molecular complexity index is 1340. The average Bonchev–Trinajstić information content (AvgIpc) is 3.19. The Hall–Kier alpha value is -4.10. The number of aromatic amines is 1. The number of benzene rings is 2. The molecule has 4 rings (SSSR count). The van der Waals surface area contributed by atoms with Crippen molar-refractivity contribution in [2.45, 2.75) is 25.7 Å². The predicted octanol–water partition coefficient (Wildman–Crippen LogP) is 3.66. The second kappa shape index (κ2) is 7.86. The van der Waals surface area contributed by atoms with Crippen molar-refractivity contribution in [2.75, 3.05) is 20.2 Å². The smallest absolute Gasteiger partial charge is 0.260 e. The summed E-state index contributed by atoms with van der Waals surface area (Å²) in [7, 11) is 1.63. The summed E-state index contributed by atoms with van der Waals surface area (Å²) in [4.78, 5) is 30.4. The maximum atomic E-state index is 13.4. The van der Waals surface area contributed by atoms with Crippen LogP contribution in [0.5, 0.6) is 5.75 Å². The zero-order valence-electron chi connectivity index (χ0n) is 18.2. The molecule has 2 aromatic carbocycles. The Morgan fingerprint density at radius 2 is 1.97 bits per heavy atom. The molecule has 1 aromatic heterocycles. The highest BCUT2D eigenvalue weighted by Crippen LogP contribution is 2.44. The van der Waals surface area contributed by atoms with E-state index in [1.807, 2.05) is 32.0 Å². The Labute approximate surface area is 185 Å². The van der Waals surface area contributed by atoms with E-state index in [2.05, 4.69) is 11.1 Å². The topological polar surface area (TPSA) is 110 Å². The minimum Gasteiger partial charge on any atom is -0.484 e. The standard InChI is InChI=1S/C25H22N4O3/c1-25(2)19-12-16(32-14-21(30)29(3)10-4-9-26)6-8-17(19)23(31)22-18-7-5-15(13-27)11-20(18)28-24(22)25/h5-8,11-12,28H,4,10,14H2,1-3H3. The van der Waals surface area contributed by atoms with Crippen molar-refractivity contribution in [1.29, 1.82) is 10.5 Å². The SMILES string of the molecule is CN(CCC#N)C(=O)COc1ccc2c(c1)C(C)(C)c1[nH]c3cc(C#N)ccc3c1C2=O. The molecule has 32 heavy (non-hydrogen) atoms. The number of nitrogens with one attached hydrogen (secondary N) is 1. The highest BCUT2D eigenvalue weighted by Gasteiger charge is 2.39. The number of amides is 1. The van der Waals surface area contributed by atoms with E-state index < -0.39 is 5.41 Å². The first kappa shape index (κ1) is 21.1. The minimum absolute atomic E-state index is 0.0795. The lowest BCUT2D eigenvalue weighted by Gasteiger charge is -2.32. The summed E-state index contributed by atoms with van der Waals surface area (Å²) in [6.07, 6.45) is 0.264. The zero-order chi connectivity index (χ0) is 23.0. The molecule has 0 saturated heterocycles. The molecular weight excluding hydrogens is 404 g/mol. The second-order valence-corrected chi connectivity index (χ2v) is 8.42. The number of ether oxygens (including phenoxy) is 1. The van der Waals surface area contributed by atoms with Gasteiger partial charge < -0.3 is 14.6 Å². The van der Waals surface area contributed by atoms with Crippen LogP contribution in [-0.2, 0) is 10.2 Å². The molecule has 1 aliphatic rings. The van der Waals surface area contributed by atoms with Gasteiger partial charge in [-0.2, -0.15) is 10.5 Å². The van der Waals surface area contributed by atoms with Crippen LogP contribution in [0, 0.1) is 22.7 Å². The van der Waals surface area contributed by atoms with Crippen molar-refractivity contribution in [2.24, 2.45) is 0 Å². The Kier molecular flexibility index (Phi) is 5.20. The summed E-state index contributed by atoms with van der Waals surface area (Å²) in [5.74, 6) is 0.196. The normalized spacial score (nSPS) is 13.6. The number of hydrogen-bond donors (Lipinski definition) is 1. The summed E-state index contributed by atoms with van der Waals surface area (Å²) in [6.45, 7) is 4.26. The number of nitrogens with zero attached hydrogens (tertiary/aromatic N) is 3. The van der Waals surface area contributed by atoms with Gasteiger partial charge in [0.15, 0.2) is 12.4 Å². The van der Waals surface area contributed by atoms with Crippen LogP contribution in [0.3, 0.4) is 0 Å². The number of aromatic nitrogens is 1. The van der Waals surface area contributed by atoms with Gasteiger partial charge in [-0.1, -0.05) is 19.9 Å². The van der Waals surface area contributed by atoms with Crippen LogP contribution in [0.4, 0.5) is 0 Å². The zero-order valence-corrected chi connectivity index (χ0v) is 18.2. The number of rotatable bonds is 5. The van der Waals surface area contributed by atoms with E-state index in [1.165, 1.54) is 4.90 Å². The van der Waals surface area contributed by atoms with Gasteiger partial charge in [-0.25, -0.2) is 0 Å². The molecule has 0 spiro atoms. The summed E-state index contributed by atoms with van der Waals surface area (Å²) < 4.78 is 5.71. The fourth-order valence-electron chi connectivity index (χ4n) is 4.17. The van der Waals surface area contributed by atoms with Gasteiger partial charge in [0.2, 0.25) is 0 Å². The summed E-state index contributed by atoms with van der Waals surface area (Å²) >= 11 is 0. The van der Waals surface area contributed by atoms with E-state index in [1.54, 1.807) is 31.3 Å². The van der Waals surface area contributed by atoms with Crippen molar-refractivity contribution in [3.63, 3.8) is 0 Å². The third-order valence-electron chi connectivity index (χ3n) is 6.04. The lowest BCUT2D eigenvalue weighted by Crippen LogP contribution is -2.32. The number of nitriles is 2. The molecule has 0 unspecified atom stereocenters. The van der Waals surface area contributed by atoms with Crippen LogP contribution < -0.4 is 4.74 Å². The lowest BCUT2D eigenvalue weighted by molar-refractivity contribution is -0.131. The molecule has 7 nitrogen and oxygen atoms in total. The summed E-state index contributed by atoms with van der Waals surface area (Å²) in [5.41, 5.74) is 3.60. The number of carbonyl (C=O) groups excluding carboxylic acids is 2. The lowest BCUT2D eigenvalue weighted by atomic mass is 9.71. The van der Waals surface area contributed by atoms with Gasteiger partial charge in [0.1, 0.15) is 5.75 Å². The van der Waals surface area contributed by atoms with Crippen LogP contribution in [0.2, 0.25) is 0 Å². The Morgan fingerprint density at radius 3 is 2.69 bits per heavy atom. The minimum atomic E-state index is -0.516.